The van der Waals surface area contributed by atoms with Gasteiger partial charge in [-0.05, 0) is 31.2 Å². The van der Waals surface area contributed by atoms with Crippen molar-refractivity contribution >= 4 is 22.4 Å². The molecule has 0 unspecified atom stereocenters. The van der Waals surface area contributed by atoms with Crippen LogP contribution in [0.2, 0.25) is 0 Å². The van der Waals surface area contributed by atoms with E-state index in [1.165, 1.54) is 6.33 Å². The first kappa shape index (κ1) is 20.0. The summed E-state index contributed by atoms with van der Waals surface area (Å²) in [5, 5.41) is 4.19. The van der Waals surface area contributed by atoms with Crippen LogP contribution in [0.25, 0.3) is 10.9 Å². The van der Waals surface area contributed by atoms with Crippen molar-refractivity contribution in [3.63, 3.8) is 0 Å². The molecule has 154 valence electrons. The van der Waals surface area contributed by atoms with E-state index in [1.807, 2.05) is 43.3 Å². The van der Waals surface area contributed by atoms with E-state index in [-0.39, 0.29) is 0 Å². The number of nitrogens with one attached hydrogen (secondary N) is 1. The zero-order valence-corrected chi connectivity index (χ0v) is 16.8. The fourth-order valence-electron chi connectivity index (χ4n) is 3.09. The maximum Gasteiger partial charge on any atom is 0.163 e. The van der Waals surface area contributed by atoms with Crippen molar-refractivity contribution in [2.24, 2.45) is 0 Å². The Morgan fingerprint density at radius 2 is 1.60 bits per heavy atom. The summed E-state index contributed by atoms with van der Waals surface area (Å²) in [6.45, 7) is 4.69. The van der Waals surface area contributed by atoms with Crippen LogP contribution in [-0.4, -0.2) is 49.6 Å². The Hall–Kier alpha value is -3.34. The molecule has 2 aromatic carbocycles. The van der Waals surface area contributed by atoms with Crippen molar-refractivity contribution in [1.82, 2.24) is 9.97 Å². The van der Waals surface area contributed by atoms with Crippen LogP contribution in [0.5, 0.6) is 11.5 Å². The molecule has 7 nitrogen and oxygen atoms in total. The zero-order chi connectivity index (χ0) is 20.6. The number of ether oxygens (including phenoxy) is 4. The average molecular weight is 405 g/mol. The molecule has 7 heteroatoms. The predicted molar refractivity (Wildman–Crippen MR) is 114 cm³/mol. The number of rotatable bonds is 2. The fourth-order valence-corrected chi connectivity index (χ4v) is 3.09. The molecule has 0 radical (unpaired) electrons. The SMILES string of the molecule is CC#Cc1cccc(Nc2ncnc3cc4c(cc23)OCCOCCOCCO4)c1. The number of aromatic nitrogens is 2. The van der Waals surface area contributed by atoms with Crippen molar-refractivity contribution in [2.45, 2.75) is 6.92 Å². The molecule has 2 heterocycles. The third-order valence-electron chi connectivity index (χ3n) is 4.44. The highest BCUT2D eigenvalue weighted by Crippen LogP contribution is 2.35. The number of hydrogen-bond acceptors (Lipinski definition) is 7. The molecule has 0 amide bonds. The van der Waals surface area contributed by atoms with Gasteiger partial charge in [0.2, 0.25) is 0 Å². The van der Waals surface area contributed by atoms with Gasteiger partial charge in [-0.2, -0.15) is 0 Å². The largest absolute Gasteiger partial charge is 0.487 e. The van der Waals surface area contributed by atoms with Gasteiger partial charge in [-0.1, -0.05) is 12.0 Å². The first-order valence-electron chi connectivity index (χ1n) is 9.83. The maximum absolute atomic E-state index is 5.93. The quantitative estimate of drug-likeness (QED) is 0.654. The monoisotopic (exact) mass is 405 g/mol. The topological polar surface area (TPSA) is 74.7 Å². The van der Waals surface area contributed by atoms with Gasteiger partial charge in [-0.3, -0.25) is 0 Å². The van der Waals surface area contributed by atoms with Gasteiger partial charge in [-0.25, -0.2) is 9.97 Å². The second-order valence-electron chi connectivity index (χ2n) is 6.54. The lowest BCUT2D eigenvalue weighted by molar-refractivity contribution is 0.0224. The molecule has 1 aliphatic rings. The highest BCUT2D eigenvalue weighted by molar-refractivity contribution is 5.93. The van der Waals surface area contributed by atoms with E-state index in [4.69, 9.17) is 18.9 Å². The molecule has 3 aromatic rings. The number of benzene rings is 2. The lowest BCUT2D eigenvalue weighted by Gasteiger charge is -2.16. The molecule has 1 aliphatic heterocycles. The van der Waals surface area contributed by atoms with E-state index in [0.29, 0.717) is 57.0 Å². The predicted octanol–water partition coefficient (Wildman–Crippen LogP) is 3.55. The number of anilines is 2. The molecule has 0 aliphatic carbocycles. The molecule has 0 saturated carbocycles. The second-order valence-corrected chi connectivity index (χ2v) is 6.54. The summed E-state index contributed by atoms with van der Waals surface area (Å²) < 4.78 is 22.8. The minimum absolute atomic E-state index is 0.413. The van der Waals surface area contributed by atoms with E-state index < -0.39 is 0 Å². The van der Waals surface area contributed by atoms with Crippen LogP contribution < -0.4 is 14.8 Å². The van der Waals surface area contributed by atoms with Gasteiger partial charge in [0.15, 0.2) is 11.5 Å². The molecule has 0 spiro atoms. The third-order valence-corrected chi connectivity index (χ3v) is 4.44. The van der Waals surface area contributed by atoms with Crippen LogP contribution in [-0.2, 0) is 9.47 Å². The third kappa shape index (κ3) is 4.98. The van der Waals surface area contributed by atoms with Gasteiger partial charge in [0.05, 0.1) is 31.9 Å². The molecule has 4 rings (SSSR count). The first-order chi connectivity index (χ1) is 14.8. The van der Waals surface area contributed by atoms with E-state index in [0.717, 1.165) is 22.2 Å². The maximum atomic E-state index is 5.93. The van der Waals surface area contributed by atoms with Gasteiger partial charge in [-0.15, -0.1) is 5.92 Å². The Bertz CT molecular complexity index is 1070. The van der Waals surface area contributed by atoms with Crippen LogP contribution in [0.4, 0.5) is 11.5 Å². The fraction of sp³-hybridized carbons (Fsp3) is 0.304. The molecule has 30 heavy (non-hydrogen) atoms. The van der Waals surface area contributed by atoms with Crippen molar-refractivity contribution < 1.29 is 18.9 Å². The minimum atomic E-state index is 0.413. The molecule has 0 bridgehead atoms. The zero-order valence-electron chi connectivity index (χ0n) is 16.8. The summed E-state index contributed by atoms with van der Waals surface area (Å²) in [5.74, 6) is 7.90. The smallest absolute Gasteiger partial charge is 0.163 e. The molecule has 0 saturated heterocycles. The minimum Gasteiger partial charge on any atom is -0.487 e. The molecular weight excluding hydrogens is 382 g/mol. The van der Waals surface area contributed by atoms with Crippen LogP contribution in [0.3, 0.4) is 0 Å². The molecule has 1 aromatic heterocycles. The average Bonchev–Trinajstić information content (AvgIpc) is 2.74. The summed E-state index contributed by atoms with van der Waals surface area (Å²) in [6, 6.07) is 11.6. The van der Waals surface area contributed by atoms with Gasteiger partial charge in [0, 0.05) is 22.7 Å². The van der Waals surface area contributed by atoms with Crippen LogP contribution in [0.15, 0.2) is 42.7 Å². The van der Waals surface area contributed by atoms with E-state index in [2.05, 4.69) is 27.1 Å². The van der Waals surface area contributed by atoms with Crippen molar-refractivity contribution in [3.05, 3.63) is 48.3 Å². The Morgan fingerprint density at radius 3 is 2.37 bits per heavy atom. The summed E-state index contributed by atoms with van der Waals surface area (Å²) >= 11 is 0. The standard InChI is InChI=1S/C23H23N3O4/c1-2-4-17-5-3-6-18(13-17)26-23-19-14-21-22(15-20(19)24-16-25-23)30-12-10-28-8-7-27-9-11-29-21/h3,5-6,13-16H,7-12H2,1H3,(H,24,25,26). The lowest BCUT2D eigenvalue weighted by Crippen LogP contribution is -2.15. The highest BCUT2D eigenvalue weighted by Gasteiger charge is 2.13. The summed E-state index contributed by atoms with van der Waals surface area (Å²) in [5.41, 5.74) is 2.58. The molecule has 0 fully saturated rings. The molecule has 1 N–H and O–H groups in total. The Balaban J connectivity index is 1.66. The number of fused-ring (bicyclic) bond motifs is 2. The van der Waals surface area contributed by atoms with Crippen molar-refractivity contribution in [2.75, 3.05) is 45.0 Å². The number of nitrogens with zero attached hydrogens (tertiary/aromatic N) is 2. The van der Waals surface area contributed by atoms with Crippen molar-refractivity contribution in [3.8, 4) is 23.3 Å². The Kier molecular flexibility index (Phi) is 6.60. The number of hydrogen-bond donors (Lipinski definition) is 1. The van der Waals surface area contributed by atoms with E-state index >= 15 is 0 Å². The Morgan fingerprint density at radius 1 is 0.867 bits per heavy atom. The van der Waals surface area contributed by atoms with Gasteiger partial charge < -0.3 is 24.3 Å². The van der Waals surface area contributed by atoms with E-state index in [9.17, 15) is 0 Å². The summed E-state index contributed by atoms with van der Waals surface area (Å²) in [4.78, 5) is 8.83. The van der Waals surface area contributed by atoms with Crippen LogP contribution >= 0.6 is 0 Å². The summed E-state index contributed by atoms with van der Waals surface area (Å²) in [6.07, 6.45) is 1.53. The van der Waals surface area contributed by atoms with Gasteiger partial charge >= 0.3 is 0 Å². The van der Waals surface area contributed by atoms with Gasteiger partial charge in [0.25, 0.3) is 0 Å². The molecular formula is C23H23N3O4. The van der Waals surface area contributed by atoms with Gasteiger partial charge in [0.1, 0.15) is 25.4 Å². The molecule has 0 atom stereocenters. The first-order valence-corrected chi connectivity index (χ1v) is 9.83. The normalized spacial score (nSPS) is 14.7. The van der Waals surface area contributed by atoms with E-state index in [1.54, 1.807) is 0 Å². The Labute approximate surface area is 175 Å². The highest BCUT2D eigenvalue weighted by atomic mass is 16.6. The van der Waals surface area contributed by atoms with Crippen LogP contribution in [0.1, 0.15) is 12.5 Å². The summed E-state index contributed by atoms with van der Waals surface area (Å²) in [7, 11) is 0. The second kappa shape index (κ2) is 9.92. The van der Waals surface area contributed by atoms with Crippen molar-refractivity contribution in [1.29, 1.82) is 0 Å². The van der Waals surface area contributed by atoms with Crippen LogP contribution in [0, 0.1) is 11.8 Å². The lowest BCUT2D eigenvalue weighted by atomic mass is 10.2.